The molecule has 2 rings (SSSR count). The van der Waals surface area contributed by atoms with E-state index < -0.39 is 5.82 Å². The molecule has 88 valence electrons. The molecular weight excluding hydrogens is 355 g/mol. The SMILES string of the molecule is Nc1cccc(F)c1Oc1ncc(Br)cc1Br. The van der Waals surface area contributed by atoms with Crippen molar-refractivity contribution in [2.45, 2.75) is 0 Å². The molecule has 3 nitrogen and oxygen atoms in total. The molecule has 0 radical (unpaired) electrons. The van der Waals surface area contributed by atoms with E-state index in [0.29, 0.717) is 4.47 Å². The Morgan fingerprint density at radius 1 is 1.29 bits per heavy atom. The van der Waals surface area contributed by atoms with Gasteiger partial charge in [0.25, 0.3) is 0 Å². The molecule has 1 aromatic carbocycles. The van der Waals surface area contributed by atoms with Crippen molar-refractivity contribution in [2.75, 3.05) is 5.73 Å². The van der Waals surface area contributed by atoms with Gasteiger partial charge in [0, 0.05) is 10.7 Å². The Hall–Kier alpha value is -1.14. The fourth-order valence-electron chi connectivity index (χ4n) is 1.21. The molecule has 0 fully saturated rings. The molecule has 6 heteroatoms. The van der Waals surface area contributed by atoms with Gasteiger partial charge in [-0.15, -0.1) is 0 Å². The molecule has 0 aliphatic heterocycles. The molecule has 1 heterocycles. The van der Waals surface area contributed by atoms with E-state index in [1.54, 1.807) is 18.3 Å². The van der Waals surface area contributed by atoms with Crippen molar-refractivity contribution in [3.05, 3.63) is 45.2 Å². The Morgan fingerprint density at radius 2 is 2.06 bits per heavy atom. The lowest BCUT2D eigenvalue weighted by atomic mass is 10.3. The van der Waals surface area contributed by atoms with Crippen LogP contribution in [-0.4, -0.2) is 4.98 Å². The minimum Gasteiger partial charge on any atom is -0.433 e. The molecule has 0 saturated heterocycles. The fourth-order valence-corrected chi connectivity index (χ4v) is 2.28. The number of hydrogen-bond donors (Lipinski definition) is 1. The number of nitrogens with two attached hydrogens (primary N) is 1. The van der Waals surface area contributed by atoms with E-state index in [2.05, 4.69) is 36.8 Å². The fraction of sp³-hybridized carbons (Fsp3) is 0. The summed E-state index contributed by atoms with van der Waals surface area (Å²) in [5.74, 6) is -0.297. The number of halogens is 3. The molecule has 2 N–H and O–H groups in total. The van der Waals surface area contributed by atoms with Crippen LogP contribution in [0.3, 0.4) is 0 Å². The lowest BCUT2D eigenvalue weighted by Gasteiger charge is -2.09. The average molecular weight is 362 g/mol. The largest absolute Gasteiger partial charge is 0.433 e. The zero-order valence-corrected chi connectivity index (χ0v) is 11.6. The zero-order valence-electron chi connectivity index (χ0n) is 8.45. The lowest BCUT2D eigenvalue weighted by molar-refractivity contribution is 0.427. The minimum absolute atomic E-state index is 0.0250. The van der Waals surface area contributed by atoms with Gasteiger partial charge in [-0.3, -0.25) is 0 Å². The van der Waals surface area contributed by atoms with E-state index in [0.717, 1.165) is 4.47 Å². The summed E-state index contributed by atoms with van der Waals surface area (Å²) in [5.41, 5.74) is 5.86. The van der Waals surface area contributed by atoms with Gasteiger partial charge in [-0.05, 0) is 50.1 Å². The summed E-state index contributed by atoms with van der Waals surface area (Å²) >= 11 is 6.54. The van der Waals surface area contributed by atoms with Gasteiger partial charge in [0.2, 0.25) is 5.88 Å². The quantitative estimate of drug-likeness (QED) is 0.818. The number of hydrogen-bond acceptors (Lipinski definition) is 3. The first kappa shape index (κ1) is 12.3. The number of para-hydroxylation sites is 1. The van der Waals surface area contributed by atoms with Crippen molar-refractivity contribution in [3.8, 4) is 11.6 Å². The third-order valence-electron chi connectivity index (χ3n) is 1.97. The summed E-state index contributed by atoms with van der Waals surface area (Å²) in [5, 5.41) is 0. The number of anilines is 1. The Labute approximate surface area is 114 Å². The van der Waals surface area contributed by atoms with Crippen LogP contribution < -0.4 is 10.5 Å². The zero-order chi connectivity index (χ0) is 12.4. The summed E-state index contributed by atoms with van der Waals surface area (Å²) in [6.45, 7) is 0. The topological polar surface area (TPSA) is 48.1 Å². The van der Waals surface area contributed by atoms with E-state index >= 15 is 0 Å². The van der Waals surface area contributed by atoms with E-state index in [1.165, 1.54) is 12.1 Å². The Morgan fingerprint density at radius 3 is 2.71 bits per heavy atom. The molecule has 1 aromatic heterocycles. The van der Waals surface area contributed by atoms with Crippen LogP contribution in [0, 0.1) is 5.82 Å². The van der Waals surface area contributed by atoms with E-state index in [1.807, 2.05) is 0 Å². The monoisotopic (exact) mass is 360 g/mol. The first-order valence-corrected chi connectivity index (χ1v) is 6.19. The van der Waals surface area contributed by atoms with Crippen LogP contribution in [-0.2, 0) is 0 Å². The summed E-state index contributed by atoms with van der Waals surface area (Å²) in [4.78, 5) is 4.02. The molecule has 0 aliphatic rings. The minimum atomic E-state index is -0.526. The number of aromatic nitrogens is 1. The first-order valence-electron chi connectivity index (χ1n) is 4.61. The second-order valence-electron chi connectivity index (χ2n) is 3.20. The summed E-state index contributed by atoms with van der Waals surface area (Å²) < 4.78 is 20.2. The normalized spacial score (nSPS) is 10.3. The first-order chi connectivity index (χ1) is 8.08. The Kier molecular flexibility index (Phi) is 3.63. The van der Waals surface area contributed by atoms with E-state index in [9.17, 15) is 4.39 Å². The smallest absolute Gasteiger partial charge is 0.233 e. The van der Waals surface area contributed by atoms with Crippen LogP contribution in [0.4, 0.5) is 10.1 Å². The second-order valence-corrected chi connectivity index (χ2v) is 4.97. The molecule has 0 aliphatic carbocycles. The standard InChI is InChI=1S/C11H7Br2FN2O/c12-6-4-7(13)11(16-5-6)17-10-8(14)2-1-3-9(10)15/h1-5H,15H2. The predicted molar refractivity (Wildman–Crippen MR) is 70.5 cm³/mol. The number of benzene rings is 1. The Bertz CT molecular complexity index is 543. The van der Waals surface area contributed by atoms with E-state index in [-0.39, 0.29) is 17.3 Å². The number of ether oxygens (including phenoxy) is 1. The molecule has 0 amide bonds. The average Bonchev–Trinajstić information content (AvgIpc) is 2.26. The molecule has 0 spiro atoms. The van der Waals surface area contributed by atoms with Crippen molar-refractivity contribution in [3.63, 3.8) is 0 Å². The number of nitrogens with zero attached hydrogens (tertiary/aromatic N) is 1. The van der Waals surface area contributed by atoms with Crippen molar-refractivity contribution in [2.24, 2.45) is 0 Å². The highest BCUT2D eigenvalue weighted by atomic mass is 79.9. The van der Waals surface area contributed by atoms with Crippen LogP contribution in [0.1, 0.15) is 0 Å². The highest BCUT2D eigenvalue weighted by Crippen LogP contribution is 2.33. The van der Waals surface area contributed by atoms with Gasteiger partial charge in [-0.1, -0.05) is 6.07 Å². The summed E-state index contributed by atoms with van der Waals surface area (Å²) in [7, 11) is 0. The molecule has 17 heavy (non-hydrogen) atoms. The third-order valence-corrected chi connectivity index (χ3v) is 2.97. The van der Waals surface area contributed by atoms with Gasteiger partial charge < -0.3 is 10.5 Å². The van der Waals surface area contributed by atoms with Gasteiger partial charge in [0.05, 0.1) is 10.2 Å². The predicted octanol–water partition coefficient (Wildman–Crippen LogP) is 4.12. The van der Waals surface area contributed by atoms with Gasteiger partial charge in [0.15, 0.2) is 11.6 Å². The highest BCUT2D eigenvalue weighted by Gasteiger charge is 2.11. The summed E-state index contributed by atoms with van der Waals surface area (Å²) in [6, 6.07) is 6.10. The lowest BCUT2D eigenvalue weighted by Crippen LogP contribution is -1.96. The summed E-state index contributed by atoms with van der Waals surface area (Å²) in [6.07, 6.45) is 1.55. The third kappa shape index (κ3) is 2.76. The maximum absolute atomic E-state index is 13.5. The highest BCUT2D eigenvalue weighted by molar-refractivity contribution is 9.11. The van der Waals surface area contributed by atoms with Crippen LogP contribution in [0.25, 0.3) is 0 Å². The number of nitrogen functional groups attached to an aromatic ring is 1. The van der Waals surface area contributed by atoms with E-state index in [4.69, 9.17) is 10.5 Å². The van der Waals surface area contributed by atoms with Crippen LogP contribution in [0.5, 0.6) is 11.6 Å². The maximum Gasteiger partial charge on any atom is 0.233 e. The van der Waals surface area contributed by atoms with Crippen LogP contribution in [0.2, 0.25) is 0 Å². The molecule has 0 bridgehead atoms. The van der Waals surface area contributed by atoms with Crippen molar-refractivity contribution in [1.82, 2.24) is 4.98 Å². The van der Waals surface area contributed by atoms with Crippen molar-refractivity contribution >= 4 is 37.5 Å². The second kappa shape index (κ2) is 5.01. The van der Waals surface area contributed by atoms with Gasteiger partial charge in [-0.2, -0.15) is 0 Å². The number of pyridine rings is 1. The molecule has 2 aromatic rings. The van der Waals surface area contributed by atoms with Crippen molar-refractivity contribution in [1.29, 1.82) is 0 Å². The van der Waals surface area contributed by atoms with Crippen LogP contribution >= 0.6 is 31.9 Å². The Balaban J connectivity index is 2.38. The van der Waals surface area contributed by atoms with Crippen LogP contribution in [0.15, 0.2) is 39.4 Å². The number of rotatable bonds is 2. The van der Waals surface area contributed by atoms with Gasteiger partial charge >= 0.3 is 0 Å². The molecular formula is C11H7Br2FN2O. The maximum atomic E-state index is 13.5. The molecule has 0 unspecified atom stereocenters. The molecule has 0 atom stereocenters. The van der Waals surface area contributed by atoms with Crippen molar-refractivity contribution < 1.29 is 9.13 Å². The molecule has 0 saturated carbocycles. The van der Waals surface area contributed by atoms with Gasteiger partial charge in [-0.25, -0.2) is 9.37 Å². The van der Waals surface area contributed by atoms with Gasteiger partial charge in [0.1, 0.15) is 0 Å².